The lowest BCUT2D eigenvalue weighted by Crippen LogP contribution is -2.23. The molecule has 0 saturated carbocycles. The third kappa shape index (κ3) is 5.28. The number of benzene rings is 1. The van der Waals surface area contributed by atoms with Gasteiger partial charge in [0.05, 0.1) is 24.2 Å². The molecule has 0 aliphatic heterocycles. The molecule has 1 atom stereocenters. The van der Waals surface area contributed by atoms with Gasteiger partial charge < -0.3 is 15.8 Å². The van der Waals surface area contributed by atoms with Crippen molar-refractivity contribution in [1.82, 2.24) is 9.78 Å². The maximum atomic E-state index is 12.5. The van der Waals surface area contributed by atoms with E-state index in [2.05, 4.69) is 10.4 Å². The number of hydrogen-bond acceptors (Lipinski definition) is 4. The molecule has 1 unspecified atom stereocenters. The zero-order chi connectivity index (χ0) is 17.1. The second-order valence-corrected chi connectivity index (χ2v) is 5.82. The third-order valence-corrected chi connectivity index (χ3v) is 4.14. The van der Waals surface area contributed by atoms with E-state index in [0.717, 1.165) is 17.0 Å². The van der Waals surface area contributed by atoms with Crippen LogP contribution in [0.4, 0.5) is 11.4 Å². The van der Waals surface area contributed by atoms with Gasteiger partial charge in [-0.3, -0.25) is 9.48 Å². The Hall–Kier alpha value is -1.92. The molecule has 0 spiro atoms. The first-order chi connectivity index (χ1) is 10.8. The minimum Gasteiger partial charge on any atom is -0.497 e. The van der Waals surface area contributed by atoms with Crippen LogP contribution in [0.3, 0.4) is 0 Å². The first kappa shape index (κ1) is 23.1. The molecule has 25 heavy (non-hydrogen) atoms. The van der Waals surface area contributed by atoms with Gasteiger partial charge in [0.15, 0.2) is 0 Å². The molecule has 1 aromatic carbocycles. The van der Waals surface area contributed by atoms with E-state index in [9.17, 15) is 4.79 Å². The largest absolute Gasteiger partial charge is 0.497 e. The fraction of sp³-hybridized carbons (Fsp3) is 0.412. The molecule has 0 aliphatic carbocycles. The number of nitrogens with one attached hydrogen (secondary N) is 1. The van der Waals surface area contributed by atoms with E-state index in [1.54, 1.807) is 25.3 Å². The first-order valence-corrected chi connectivity index (χ1v) is 7.57. The average molecular weight is 389 g/mol. The second-order valence-electron chi connectivity index (χ2n) is 5.82. The van der Waals surface area contributed by atoms with Crippen molar-refractivity contribution < 1.29 is 9.53 Å². The Morgan fingerprint density at radius 3 is 2.52 bits per heavy atom. The molecule has 0 fully saturated rings. The van der Waals surface area contributed by atoms with Crippen LogP contribution in [0.2, 0.25) is 0 Å². The lowest BCUT2D eigenvalue weighted by atomic mass is 9.98. The molecular weight excluding hydrogens is 363 g/mol. The fourth-order valence-electron chi connectivity index (χ4n) is 2.54. The van der Waals surface area contributed by atoms with E-state index >= 15 is 0 Å². The molecule has 0 radical (unpaired) electrons. The molecule has 3 N–H and O–H groups in total. The first-order valence-electron chi connectivity index (χ1n) is 7.57. The zero-order valence-electron chi connectivity index (χ0n) is 15.1. The zero-order valence-corrected chi connectivity index (χ0v) is 16.8. The molecule has 0 aliphatic rings. The van der Waals surface area contributed by atoms with Crippen LogP contribution in [0.15, 0.2) is 18.2 Å². The molecule has 1 amide bonds. The Kier molecular flexibility index (Phi) is 8.80. The number of hydrogen-bond donors (Lipinski definition) is 2. The Morgan fingerprint density at radius 1 is 1.36 bits per heavy atom. The fourth-order valence-corrected chi connectivity index (χ4v) is 2.54. The van der Waals surface area contributed by atoms with Gasteiger partial charge in [0.25, 0.3) is 0 Å². The van der Waals surface area contributed by atoms with Gasteiger partial charge in [-0.15, -0.1) is 24.8 Å². The van der Waals surface area contributed by atoms with Crippen molar-refractivity contribution in [3.05, 3.63) is 35.2 Å². The Labute approximate surface area is 160 Å². The quantitative estimate of drug-likeness (QED) is 0.769. The van der Waals surface area contributed by atoms with Gasteiger partial charge in [0, 0.05) is 24.7 Å². The van der Waals surface area contributed by atoms with Gasteiger partial charge in [-0.2, -0.15) is 5.10 Å². The number of aromatic nitrogens is 2. The number of carbonyl (C=O) groups excluding carboxylic acids is 1. The lowest BCUT2D eigenvalue weighted by Gasteiger charge is -2.14. The predicted molar refractivity (Wildman–Crippen MR) is 106 cm³/mol. The number of halogens is 2. The predicted octanol–water partition coefficient (Wildman–Crippen LogP) is 3.29. The number of amides is 1. The highest BCUT2D eigenvalue weighted by molar-refractivity contribution is 5.95. The number of ether oxygens (including phenoxy) is 1. The summed E-state index contributed by atoms with van der Waals surface area (Å²) in [5, 5.41) is 7.27. The van der Waals surface area contributed by atoms with Crippen LogP contribution in [0, 0.1) is 19.8 Å². The summed E-state index contributed by atoms with van der Waals surface area (Å²) in [6.07, 6.45) is 0.640. The van der Waals surface area contributed by atoms with E-state index in [1.807, 2.05) is 32.5 Å². The van der Waals surface area contributed by atoms with Gasteiger partial charge in [-0.25, -0.2) is 0 Å². The molecule has 2 aromatic rings. The van der Waals surface area contributed by atoms with E-state index in [0.29, 0.717) is 23.5 Å². The highest BCUT2D eigenvalue weighted by atomic mass is 35.5. The topological polar surface area (TPSA) is 82.2 Å². The summed E-state index contributed by atoms with van der Waals surface area (Å²) in [6.45, 7) is 5.88. The molecule has 2 rings (SSSR count). The van der Waals surface area contributed by atoms with E-state index in [4.69, 9.17) is 10.5 Å². The number of nitrogen functional groups attached to an aromatic ring is 1. The van der Waals surface area contributed by atoms with Crippen LogP contribution < -0.4 is 15.8 Å². The van der Waals surface area contributed by atoms with Crippen LogP contribution in [0.25, 0.3) is 0 Å². The van der Waals surface area contributed by atoms with Crippen LogP contribution in [0.1, 0.15) is 23.9 Å². The summed E-state index contributed by atoms with van der Waals surface area (Å²) in [5.41, 5.74) is 10.2. The highest BCUT2D eigenvalue weighted by Crippen LogP contribution is 2.25. The number of methoxy groups -OCH3 is 1. The standard InChI is InChI=1S/C17H24N4O2.2ClH/c1-10(8-14-11(2)20-21(4)12(14)3)17(22)19-16-9-13(23-5)6-7-15(16)18;;/h6-7,9-10H,8,18H2,1-5H3,(H,19,22);2*1H. The SMILES string of the molecule is COc1ccc(N)c(NC(=O)C(C)Cc2c(C)nn(C)c2C)c1.Cl.Cl. The monoisotopic (exact) mass is 388 g/mol. The summed E-state index contributed by atoms with van der Waals surface area (Å²) in [5.74, 6) is 0.385. The van der Waals surface area contributed by atoms with Crippen molar-refractivity contribution >= 4 is 42.1 Å². The van der Waals surface area contributed by atoms with Crippen molar-refractivity contribution in [2.24, 2.45) is 13.0 Å². The second kappa shape index (κ2) is 9.53. The maximum Gasteiger partial charge on any atom is 0.227 e. The maximum absolute atomic E-state index is 12.5. The van der Waals surface area contributed by atoms with Gasteiger partial charge in [0.2, 0.25) is 5.91 Å². The van der Waals surface area contributed by atoms with E-state index < -0.39 is 0 Å². The molecular formula is C17H26Cl2N4O2. The minimum absolute atomic E-state index is 0. The smallest absolute Gasteiger partial charge is 0.227 e. The van der Waals surface area contributed by atoms with Gasteiger partial charge >= 0.3 is 0 Å². The Balaban J connectivity index is 0.00000288. The number of carbonyl (C=O) groups is 1. The van der Waals surface area contributed by atoms with Crippen molar-refractivity contribution in [1.29, 1.82) is 0 Å². The van der Waals surface area contributed by atoms with Gasteiger partial charge in [-0.05, 0) is 38.0 Å². The molecule has 1 heterocycles. The number of nitrogens with zero attached hydrogens (tertiary/aromatic N) is 2. The Morgan fingerprint density at radius 2 is 2.00 bits per heavy atom. The molecule has 0 bridgehead atoms. The molecule has 0 saturated heterocycles. The number of anilines is 2. The number of rotatable bonds is 5. The average Bonchev–Trinajstić information content (AvgIpc) is 2.75. The van der Waals surface area contributed by atoms with E-state index in [1.165, 1.54) is 0 Å². The molecule has 140 valence electrons. The van der Waals surface area contributed by atoms with Gasteiger partial charge in [0.1, 0.15) is 5.75 Å². The Bertz CT molecular complexity index is 732. The van der Waals surface area contributed by atoms with Crippen LogP contribution in [-0.4, -0.2) is 22.8 Å². The van der Waals surface area contributed by atoms with Crippen molar-refractivity contribution in [2.45, 2.75) is 27.2 Å². The van der Waals surface area contributed by atoms with Crippen molar-refractivity contribution in [2.75, 3.05) is 18.2 Å². The number of nitrogens with two attached hydrogens (primary N) is 1. The lowest BCUT2D eigenvalue weighted by molar-refractivity contribution is -0.119. The van der Waals surface area contributed by atoms with Crippen LogP contribution in [0.5, 0.6) is 5.75 Å². The molecule has 1 aromatic heterocycles. The summed E-state index contributed by atoms with van der Waals surface area (Å²) in [4.78, 5) is 12.5. The third-order valence-electron chi connectivity index (χ3n) is 4.14. The van der Waals surface area contributed by atoms with Gasteiger partial charge in [-0.1, -0.05) is 6.92 Å². The van der Waals surface area contributed by atoms with Crippen molar-refractivity contribution in [3.8, 4) is 5.75 Å². The summed E-state index contributed by atoms with van der Waals surface area (Å²) in [6, 6.07) is 5.20. The summed E-state index contributed by atoms with van der Waals surface area (Å²) >= 11 is 0. The van der Waals surface area contributed by atoms with Crippen molar-refractivity contribution in [3.63, 3.8) is 0 Å². The molecule has 8 heteroatoms. The normalized spacial score (nSPS) is 11.1. The summed E-state index contributed by atoms with van der Waals surface area (Å²) < 4.78 is 7.01. The van der Waals surface area contributed by atoms with Crippen LogP contribution >= 0.6 is 24.8 Å². The van der Waals surface area contributed by atoms with Crippen LogP contribution in [-0.2, 0) is 18.3 Å². The molecule has 6 nitrogen and oxygen atoms in total. The van der Waals surface area contributed by atoms with E-state index in [-0.39, 0.29) is 36.6 Å². The highest BCUT2D eigenvalue weighted by Gasteiger charge is 2.19. The minimum atomic E-state index is -0.192. The summed E-state index contributed by atoms with van der Waals surface area (Å²) in [7, 11) is 3.49. The number of aryl methyl sites for hydroxylation is 2.